The van der Waals surface area contributed by atoms with Gasteiger partial charge in [-0.25, -0.2) is 8.42 Å². The zero-order valence-electron chi connectivity index (χ0n) is 18.4. The molecule has 33 heavy (non-hydrogen) atoms. The predicted molar refractivity (Wildman–Crippen MR) is 124 cm³/mol. The van der Waals surface area contributed by atoms with Gasteiger partial charge in [0.1, 0.15) is 5.75 Å². The lowest BCUT2D eigenvalue weighted by Gasteiger charge is -2.37. The van der Waals surface area contributed by atoms with Crippen molar-refractivity contribution in [3.63, 3.8) is 0 Å². The van der Waals surface area contributed by atoms with E-state index in [2.05, 4.69) is 0 Å². The summed E-state index contributed by atoms with van der Waals surface area (Å²) in [5.41, 5.74) is 1.11. The first-order valence-corrected chi connectivity index (χ1v) is 12.9. The van der Waals surface area contributed by atoms with Gasteiger partial charge in [-0.3, -0.25) is 13.9 Å². The van der Waals surface area contributed by atoms with Crippen molar-refractivity contribution in [3.05, 3.63) is 48.5 Å². The molecule has 2 amide bonds. The molecule has 2 aromatic carbocycles. The zero-order chi connectivity index (χ0) is 23.0. The number of rotatable bonds is 4. The Balaban J connectivity index is 1.44. The molecule has 2 aromatic rings. The number of hydrogen-bond donors (Lipinski definition) is 0. The number of carbonyl (C=O) groups is 2. The second-order valence-electron chi connectivity index (χ2n) is 8.64. The molecule has 174 valence electrons. The Kier molecular flexibility index (Phi) is 5.74. The van der Waals surface area contributed by atoms with Gasteiger partial charge in [0.25, 0.3) is 15.9 Å². The van der Waals surface area contributed by atoms with Crippen LogP contribution in [0.25, 0.3) is 0 Å². The Morgan fingerprint density at radius 3 is 2.33 bits per heavy atom. The number of amides is 2. The number of benzene rings is 2. The summed E-state index contributed by atoms with van der Waals surface area (Å²) in [4.78, 5) is 28.7. The van der Waals surface area contributed by atoms with Crippen molar-refractivity contribution in [2.75, 3.05) is 35.4 Å². The zero-order valence-corrected chi connectivity index (χ0v) is 19.2. The lowest BCUT2D eigenvalue weighted by Crippen LogP contribution is -2.52. The monoisotopic (exact) mass is 469 g/mol. The molecule has 1 unspecified atom stereocenters. The number of likely N-dealkylation sites (tertiary alicyclic amines) is 1. The van der Waals surface area contributed by atoms with Gasteiger partial charge in [0.2, 0.25) is 5.91 Å². The van der Waals surface area contributed by atoms with Crippen LogP contribution in [0.15, 0.2) is 53.4 Å². The molecule has 0 saturated carbocycles. The summed E-state index contributed by atoms with van der Waals surface area (Å²) in [6.07, 6.45) is 3.41. The van der Waals surface area contributed by atoms with Gasteiger partial charge in [-0.1, -0.05) is 12.1 Å². The number of ether oxygens (including phenoxy) is 1. The normalized spacial score (nSPS) is 21.0. The van der Waals surface area contributed by atoms with Gasteiger partial charge in [-0.15, -0.1) is 0 Å². The van der Waals surface area contributed by atoms with Crippen molar-refractivity contribution in [2.45, 2.75) is 43.1 Å². The maximum absolute atomic E-state index is 13.7. The minimum absolute atomic E-state index is 0.0479. The average Bonchev–Trinajstić information content (AvgIpc) is 3.29. The Morgan fingerprint density at radius 1 is 0.909 bits per heavy atom. The van der Waals surface area contributed by atoms with Gasteiger partial charge in [0.05, 0.1) is 17.1 Å². The molecular formula is C24H27N3O5S. The van der Waals surface area contributed by atoms with Crippen LogP contribution in [0.1, 0.15) is 32.1 Å². The van der Waals surface area contributed by atoms with E-state index >= 15 is 0 Å². The minimum atomic E-state index is -3.95. The van der Waals surface area contributed by atoms with E-state index in [1.165, 1.54) is 16.4 Å². The molecule has 0 aliphatic carbocycles. The number of anilines is 2. The largest absolute Gasteiger partial charge is 0.476 e. The predicted octanol–water partition coefficient (Wildman–Crippen LogP) is 2.78. The highest BCUT2D eigenvalue weighted by atomic mass is 32.2. The number of carbonyl (C=O) groups excluding carboxylic acids is 2. The van der Waals surface area contributed by atoms with Crippen LogP contribution in [0.2, 0.25) is 0 Å². The first kappa shape index (κ1) is 21.8. The maximum atomic E-state index is 13.7. The molecule has 0 aromatic heterocycles. The molecule has 3 aliphatic heterocycles. The Bertz CT molecular complexity index is 1160. The standard InChI is InChI=1S/C24H27N3O5S/c28-23-9-6-16-26(23)18-10-12-19(13-11-18)33(30,31)27-17-22(24(29)25-14-4-1-5-15-25)32-21-8-3-2-7-20(21)27/h2-3,7-8,10-13,22H,1,4-6,9,14-17H2. The van der Waals surface area contributed by atoms with Crippen molar-refractivity contribution in [1.82, 2.24) is 4.90 Å². The van der Waals surface area contributed by atoms with Crippen molar-refractivity contribution < 1.29 is 22.7 Å². The number of fused-ring (bicyclic) bond motifs is 1. The quantitative estimate of drug-likeness (QED) is 0.687. The third-order valence-electron chi connectivity index (χ3n) is 6.49. The van der Waals surface area contributed by atoms with Crippen LogP contribution in [0.5, 0.6) is 5.75 Å². The highest BCUT2D eigenvalue weighted by Gasteiger charge is 2.39. The summed E-state index contributed by atoms with van der Waals surface area (Å²) in [7, 11) is -3.95. The molecule has 5 rings (SSSR count). The fourth-order valence-corrected chi connectivity index (χ4v) is 6.20. The third kappa shape index (κ3) is 4.06. The highest BCUT2D eigenvalue weighted by molar-refractivity contribution is 7.92. The lowest BCUT2D eigenvalue weighted by atomic mass is 10.1. The third-order valence-corrected chi connectivity index (χ3v) is 8.28. The molecule has 1 atom stereocenters. The lowest BCUT2D eigenvalue weighted by molar-refractivity contribution is -0.139. The van der Waals surface area contributed by atoms with E-state index in [9.17, 15) is 18.0 Å². The van der Waals surface area contributed by atoms with Crippen LogP contribution in [-0.2, 0) is 19.6 Å². The molecule has 3 heterocycles. The van der Waals surface area contributed by atoms with Gasteiger partial charge < -0.3 is 14.5 Å². The van der Waals surface area contributed by atoms with E-state index in [-0.39, 0.29) is 23.3 Å². The average molecular weight is 470 g/mol. The molecule has 0 bridgehead atoms. The van der Waals surface area contributed by atoms with Gasteiger partial charge in [0, 0.05) is 31.7 Å². The van der Waals surface area contributed by atoms with E-state index in [4.69, 9.17) is 4.74 Å². The molecule has 0 spiro atoms. The number of sulfonamides is 1. The SMILES string of the molecule is O=C(C1CN(S(=O)(=O)c2ccc(N3CCCC3=O)cc2)c2ccccc2O1)N1CCCCC1. The number of para-hydroxylation sites is 2. The van der Waals surface area contributed by atoms with Gasteiger partial charge in [0.15, 0.2) is 6.10 Å². The molecular weight excluding hydrogens is 442 g/mol. The first-order valence-electron chi connectivity index (χ1n) is 11.4. The summed E-state index contributed by atoms with van der Waals surface area (Å²) in [5.74, 6) is 0.251. The van der Waals surface area contributed by atoms with Gasteiger partial charge in [-0.05, 0) is 62.1 Å². The van der Waals surface area contributed by atoms with Crippen molar-refractivity contribution >= 4 is 33.2 Å². The van der Waals surface area contributed by atoms with Crippen molar-refractivity contribution in [3.8, 4) is 5.75 Å². The van der Waals surface area contributed by atoms with Crippen LogP contribution >= 0.6 is 0 Å². The van der Waals surface area contributed by atoms with Crippen molar-refractivity contribution in [2.24, 2.45) is 0 Å². The highest BCUT2D eigenvalue weighted by Crippen LogP contribution is 2.37. The van der Waals surface area contributed by atoms with Crippen molar-refractivity contribution in [1.29, 1.82) is 0 Å². The summed E-state index contributed by atoms with van der Waals surface area (Å²) < 4.78 is 34.5. The van der Waals surface area contributed by atoms with Gasteiger partial charge in [-0.2, -0.15) is 0 Å². The molecule has 2 saturated heterocycles. The Hall–Kier alpha value is -3.07. The summed E-state index contributed by atoms with van der Waals surface area (Å²) in [5, 5.41) is 0. The topological polar surface area (TPSA) is 87.2 Å². The van der Waals surface area contributed by atoms with E-state index in [0.29, 0.717) is 43.2 Å². The minimum Gasteiger partial charge on any atom is -0.476 e. The fraction of sp³-hybridized carbons (Fsp3) is 0.417. The molecule has 9 heteroatoms. The van der Waals surface area contributed by atoms with Crippen LogP contribution in [0.4, 0.5) is 11.4 Å². The first-order chi connectivity index (χ1) is 15.9. The smallest absolute Gasteiger partial charge is 0.265 e. The summed E-state index contributed by atoms with van der Waals surface area (Å²) in [6.45, 7) is 1.90. The summed E-state index contributed by atoms with van der Waals surface area (Å²) in [6, 6.07) is 13.3. The number of piperidine rings is 1. The van der Waals surface area contributed by atoms with Crippen LogP contribution in [0, 0.1) is 0 Å². The molecule has 2 fully saturated rings. The number of hydrogen-bond acceptors (Lipinski definition) is 5. The van der Waals surface area contributed by atoms with Gasteiger partial charge >= 0.3 is 0 Å². The maximum Gasteiger partial charge on any atom is 0.265 e. The van der Waals surface area contributed by atoms with E-state index in [0.717, 1.165) is 25.7 Å². The molecule has 0 N–H and O–H groups in total. The Morgan fingerprint density at radius 2 is 1.64 bits per heavy atom. The fourth-order valence-electron chi connectivity index (χ4n) is 4.72. The second-order valence-corrected chi connectivity index (χ2v) is 10.5. The van der Waals surface area contributed by atoms with Crippen LogP contribution in [-0.4, -0.2) is 57.4 Å². The van der Waals surface area contributed by atoms with Crippen LogP contribution in [0.3, 0.4) is 0 Å². The number of nitrogens with zero attached hydrogens (tertiary/aromatic N) is 3. The van der Waals surface area contributed by atoms with E-state index < -0.39 is 16.1 Å². The van der Waals surface area contributed by atoms with E-state index in [1.54, 1.807) is 46.2 Å². The molecule has 3 aliphatic rings. The van der Waals surface area contributed by atoms with Crippen LogP contribution < -0.4 is 13.9 Å². The Labute approximate surface area is 193 Å². The molecule has 0 radical (unpaired) electrons. The molecule has 8 nitrogen and oxygen atoms in total. The van der Waals surface area contributed by atoms with E-state index in [1.807, 2.05) is 0 Å². The summed E-state index contributed by atoms with van der Waals surface area (Å²) >= 11 is 0. The second kappa shape index (κ2) is 8.70.